The predicted octanol–water partition coefficient (Wildman–Crippen LogP) is -0.116. The number of amides is 1. The molecule has 0 aromatic heterocycles. The molecule has 0 aliphatic carbocycles. The Morgan fingerprint density at radius 1 is 1.62 bits per heavy atom. The molecule has 2 nitrogen and oxygen atoms in total. The number of hydrogen-bond acceptors (Lipinski definition) is 1. The molecule has 0 aliphatic rings. The topological polar surface area (TPSA) is 29.1 Å². The zero-order valence-corrected chi connectivity index (χ0v) is 4.82. The Kier molecular flexibility index (Phi) is 9.67. The zero-order chi connectivity index (χ0) is 5.70. The molecule has 0 bridgehead atoms. The zero-order valence-electron chi connectivity index (χ0n) is 4.82. The average molecular weight is 109 g/mol. The second-order valence-corrected chi connectivity index (χ2v) is 1.42. The van der Waals surface area contributed by atoms with Gasteiger partial charge in [-0.05, 0) is 6.42 Å². The monoisotopic (exact) mass is 109 g/mol. The van der Waals surface area contributed by atoms with Gasteiger partial charge in [0.05, 0.1) is 0 Å². The minimum atomic E-state index is 0. The molecule has 0 saturated heterocycles. The molecular weight excluding hydrogens is 97.0 g/mol. The van der Waals surface area contributed by atoms with Crippen molar-refractivity contribution in [2.75, 3.05) is 7.05 Å². The van der Waals surface area contributed by atoms with Crippen LogP contribution in [-0.2, 0) is 4.79 Å². The van der Waals surface area contributed by atoms with E-state index in [0.29, 0.717) is 6.42 Å². The second kappa shape index (κ2) is 7.07. The van der Waals surface area contributed by atoms with Crippen molar-refractivity contribution < 1.29 is 4.79 Å². The standard InChI is InChI=1S/C5H11NO.Li.H/c1-3-4-5(7)6-2;;/h3-4H2,1-2H3,(H,6,7);;. The molecule has 0 heterocycles. The summed E-state index contributed by atoms with van der Waals surface area (Å²) in [7, 11) is 1.65. The minimum absolute atomic E-state index is 0. The third-order valence-corrected chi connectivity index (χ3v) is 0.756. The predicted molar refractivity (Wildman–Crippen MR) is 36.1 cm³/mol. The Labute approximate surface area is 62.2 Å². The van der Waals surface area contributed by atoms with E-state index in [1.165, 1.54) is 0 Å². The Hall–Kier alpha value is 0.0674. The van der Waals surface area contributed by atoms with E-state index < -0.39 is 0 Å². The van der Waals surface area contributed by atoms with Crippen molar-refractivity contribution in [3.63, 3.8) is 0 Å². The summed E-state index contributed by atoms with van der Waals surface area (Å²) >= 11 is 0. The van der Waals surface area contributed by atoms with Crippen LogP contribution in [0.3, 0.4) is 0 Å². The van der Waals surface area contributed by atoms with Crippen molar-refractivity contribution in [2.45, 2.75) is 19.8 Å². The fourth-order valence-electron chi connectivity index (χ4n) is 0.352. The molecule has 0 aromatic carbocycles. The van der Waals surface area contributed by atoms with Crippen molar-refractivity contribution in [1.82, 2.24) is 5.32 Å². The van der Waals surface area contributed by atoms with Crippen molar-refractivity contribution in [3.05, 3.63) is 0 Å². The van der Waals surface area contributed by atoms with E-state index in [2.05, 4.69) is 5.32 Å². The summed E-state index contributed by atoms with van der Waals surface area (Å²) in [6, 6.07) is 0. The van der Waals surface area contributed by atoms with Gasteiger partial charge in [0.15, 0.2) is 0 Å². The Morgan fingerprint density at radius 2 is 2.12 bits per heavy atom. The SMILES string of the molecule is CCCC(=O)NC.[LiH]. The Bertz CT molecular complexity index is 65.4. The third-order valence-electron chi connectivity index (χ3n) is 0.756. The fourth-order valence-corrected chi connectivity index (χ4v) is 0.352. The van der Waals surface area contributed by atoms with Gasteiger partial charge in [-0.3, -0.25) is 4.79 Å². The molecule has 0 aliphatic heterocycles. The van der Waals surface area contributed by atoms with E-state index in [0.717, 1.165) is 6.42 Å². The van der Waals surface area contributed by atoms with Crippen LogP contribution in [0.15, 0.2) is 0 Å². The van der Waals surface area contributed by atoms with Crippen LogP contribution < -0.4 is 5.32 Å². The van der Waals surface area contributed by atoms with Gasteiger partial charge in [0.1, 0.15) is 0 Å². The van der Waals surface area contributed by atoms with Crippen molar-refractivity contribution in [3.8, 4) is 0 Å². The molecular formula is C5H12LiNO. The van der Waals surface area contributed by atoms with E-state index in [4.69, 9.17) is 0 Å². The van der Waals surface area contributed by atoms with Crippen molar-refractivity contribution in [2.24, 2.45) is 0 Å². The van der Waals surface area contributed by atoms with Gasteiger partial charge in [-0.15, -0.1) is 0 Å². The number of rotatable bonds is 2. The molecule has 0 saturated carbocycles. The summed E-state index contributed by atoms with van der Waals surface area (Å²) in [5, 5.41) is 2.53. The van der Waals surface area contributed by atoms with Crippen LogP contribution in [0.2, 0.25) is 0 Å². The molecule has 0 atom stereocenters. The summed E-state index contributed by atoms with van der Waals surface area (Å²) < 4.78 is 0. The van der Waals surface area contributed by atoms with E-state index >= 15 is 0 Å². The Balaban J connectivity index is 0. The molecule has 0 aromatic rings. The molecule has 8 heavy (non-hydrogen) atoms. The van der Waals surface area contributed by atoms with Gasteiger partial charge in [0.2, 0.25) is 5.91 Å². The molecule has 0 unspecified atom stereocenters. The third kappa shape index (κ3) is 6.07. The van der Waals surface area contributed by atoms with Crippen LogP contribution >= 0.6 is 0 Å². The molecule has 0 fully saturated rings. The van der Waals surface area contributed by atoms with Gasteiger partial charge < -0.3 is 5.32 Å². The van der Waals surface area contributed by atoms with Gasteiger partial charge in [0, 0.05) is 13.5 Å². The molecule has 0 rings (SSSR count). The first-order chi connectivity index (χ1) is 3.31. The maximum absolute atomic E-state index is 10.3. The van der Waals surface area contributed by atoms with Gasteiger partial charge in [0.25, 0.3) is 0 Å². The number of hydrogen-bond donors (Lipinski definition) is 1. The molecule has 1 N–H and O–H groups in total. The first kappa shape index (κ1) is 10.9. The average Bonchev–Trinajstić information content (AvgIpc) is 1.68. The van der Waals surface area contributed by atoms with E-state index in [1.54, 1.807) is 7.05 Å². The molecule has 0 spiro atoms. The fraction of sp³-hybridized carbons (Fsp3) is 0.800. The number of carbonyl (C=O) groups is 1. The number of nitrogens with one attached hydrogen (secondary N) is 1. The Morgan fingerprint density at radius 3 is 2.25 bits per heavy atom. The summed E-state index contributed by atoms with van der Waals surface area (Å²) in [5.74, 6) is 0.127. The maximum atomic E-state index is 10.3. The first-order valence-electron chi connectivity index (χ1n) is 2.51. The normalized spacial score (nSPS) is 7.25. The summed E-state index contributed by atoms with van der Waals surface area (Å²) in [6.07, 6.45) is 1.58. The van der Waals surface area contributed by atoms with Crippen molar-refractivity contribution in [1.29, 1.82) is 0 Å². The van der Waals surface area contributed by atoms with Crippen LogP contribution in [-0.4, -0.2) is 31.8 Å². The van der Waals surface area contributed by atoms with Crippen LogP contribution in [0.25, 0.3) is 0 Å². The van der Waals surface area contributed by atoms with Crippen molar-refractivity contribution >= 4 is 24.8 Å². The van der Waals surface area contributed by atoms with Gasteiger partial charge >= 0.3 is 18.9 Å². The number of carbonyl (C=O) groups excluding carboxylic acids is 1. The van der Waals surface area contributed by atoms with Gasteiger partial charge in [-0.25, -0.2) is 0 Å². The molecule has 1 amide bonds. The van der Waals surface area contributed by atoms with Crippen LogP contribution in [0.4, 0.5) is 0 Å². The van der Waals surface area contributed by atoms with E-state index in [9.17, 15) is 4.79 Å². The summed E-state index contributed by atoms with van der Waals surface area (Å²) in [5.41, 5.74) is 0. The van der Waals surface area contributed by atoms with Crippen LogP contribution in [0.1, 0.15) is 19.8 Å². The first-order valence-corrected chi connectivity index (χ1v) is 2.51. The van der Waals surface area contributed by atoms with Gasteiger partial charge in [-0.1, -0.05) is 6.92 Å². The van der Waals surface area contributed by atoms with E-state index in [-0.39, 0.29) is 24.8 Å². The summed E-state index contributed by atoms with van der Waals surface area (Å²) in [4.78, 5) is 10.3. The van der Waals surface area contributed by atoms with Crippen LogP contribution in [0, 0.1) is 0 Å². The molecule has 44 valence electrons. The van der Waals surface area contributed by atoms with Gasteiger partial charge in [-0.2, -0.15) is 0 Å². The molecule has 0 radical (unpaired) electrons. The quantitative estimate of drug-likeness (QED) is 0.492. The molecule has 3 heteroatoms. The second-order valence-electron chi connectivity index (χ2n) is 1.42. The van der Waals surface area contributed by atoms with E-state index in [1.807, 2.05) is 6.92 Å². The van der Waals surface area contributed by atoms with Crippen LogP contribution in [0.5, 0.6) is 0 Å². The summed E-state index contributed by atoms with van der Waals surface area (Å²) in [6.45, 7) is 1.98.